The minimum absolute atomic E-state index is 0.615. The Kier molecular flexibility index (Phi) is 5.62. The maximum absolute atomic E-state index is 3.49. The van der Waals surface area contributed by atoms with Gasteiger partial charge in [0.1, 0.15) is 0 Å². The molecule has 0 aromatic rings. The molecule has 0 bridgehead atoms. The molecule has 15 heavy (non-hydrogen) atoms. The van der Waals surface area contributed by atoms with Gasteiger partial charge in [-0.15, -0.1) is 0 Å². The highest BCUT2D eigenvalue weighted by Gasteiger charge is 2.21. The number of nitrogens with zero attached hydrogens (tertiary/aromatic N) is 1. The zero-order valence-corrected chi connectivity index (χ0v) is 10.9. The van der Waals surface area contributed by atoms with Gasteiger partial charge in [-0.25, -0.2) is 0 Å². The van der Waals surface area contributed by atoms with E-state index in [4.69, 9.17) is 0 Å². The van der Waals surface area contributed by atoms with Crippen molar-refractivity contribution in [3.05, 3.63) is 0 Å². The van der Waals surface area contributed by atoms with Gasteiger partial charge < -0.3 is 10.2 Å². The third-order valence-corrected chi connectivity index (χ3v) is 3.55. The number of rotatable bonds is 5. The molecule has 0 aliphatic heterocycles. The summed E-state index contributed by atoms with van der Waals surface area (Å²) < 4.78 is 0. The van der Waals surface area contributed by atoms with Crippen molar-refractivity contribution in [3.8, 4) is 0 Å². The van der Waals surface area contributed by atoms with Crippen molar-refractivity contribution < 1.29 is 0 Å². The highest BCUT2D eigenvalue weighted by atomic mass is 15.1. The van der Waals surface area contributed by atoms with Crippen LogP contribution < -0.4 is 5.32 Å². The van der Waals surface area contributed by atoms with E-state index >= 15 is 0 Å². The van der Waals surface area contributed by atoms with Crippen LogP contribution in [0.1, 0.15) is 46.5 Å². The van der Waals surface area contributed by atoms with Gasteiger partial charge in [-0.3, -0.25) is 0 Å². The van der Waals surface area contributed by atoms with Crippen LogP contribution in [-0.4, -0.2) is 37.1 Å². The molecule has 0 saturated heterocycles. The summed E-state index contributed by atoms with van der Waals surface area (Å²) in [6, 6.07) is 1.45. The normalized spacial score (nSPS) is 27.6. The van der Waals surface area contributed by atoms with Crippen LogP contribution >= 0.6 is 0 Å². The minimum Gasteiger partial charge on any atom is -0.313 e. The topological polar surface area (TPSA) is 15.3 Å². The summed E-state index contributed by atoms with van der Waals surface area (Å²) in [7, 11) is 2.28. The van der Waals surface area contributed by atoms with Gasteiger partial charge in [0.05, 0.1) is 0 Å². The van der Waals surface area contributed by atoms with Crippen molar-refractivity contribution >= 4 is 0 Å². The standard InChI is InChI=1S/C13H28N2/c1-11(2)14-8-9-15(4)13-7-5-6-12(3)10-13/h11-14H,5-10H2,1-4H3. The molecule has 0 heterocycles. The predicted octanol–water partition coefficient (Wildman–Crippen LogP) is 2.49. The molecule has 2 heteroatoms. The molecule has 0 amide bonds. The summed E-state index contributed by atoms with van der Waals surface area (Å²) in [6.07, 6.45) is 5.67. The third kappa shape index (κ3) is 4.98. The van der Waals surface area contributed by atoms with E-state index in [2.05, 4.69) is 38.0 Å². The Morgan fingerprint density at radius 3 is 2.67 bits per heavy atom. The Morgan fingerprint density at radius 2 is 2.07 bits per heavy atom. The second-order valence-electron chi connectivity index (χ2n) is 5.52. The van der Waals surface area contributed by atoms with E-state index in [1.165, 1.54) is 32.2 Å². The van der Waals surface area contributed by atoms with Gasteiger partial charge in [0.2, 0.25) is 0 Å². The van der Waals surface area contributed by atoms with Crippen molar-refractivity contribution in [1.29, 1.82) is 0 Å². The van der Waals surface area contributed by atoms with Gasteiger partial charge in [-0.1, -0.05) is 33.6 Å². The molecule has 0 aromatic heterocycles. The van der Waals surface area contributed by atoms with E-state index in [1.54, 1.807) is 0 Å². The molecule has 1 N–H and O–H groups in total. The minimum atomic E-state index is 0.615. The quantitative estimate of drug-likeness (QED) is 0.753. The molecule has 0 radical (unpaired) electrons. The van der Waals surface area contributed by atoms with Crippen molar-refractivity contribution in [3.63, 3.8) is 0 Å². The smallest absolute Gasteiger partial charge is 0.0107 e. The molecular formula is C13H28N2. The lowest BCUT2D eigenvalue weighted by Gasteiger charge is -2.34. The van der Waals surface area contributed by atoms with Crippen LogP contribution in [-0.2, 0) is 0 Å². The Morgan fingerprint density at radius 1 is 1.33 bits per heavy atom. The lowest BCUT2D eigenvalue weighted by Crippen LogP contribution is -2.40. The van der Waals surface area contributed by atoms with Crippen molar-refractivity contribution in [2.75, 3.05) is 20.1 Å². The first-order valence-electron chi connectivity index (χ1n) is 6.53. The number of hydrogen-bond donors (Lipinski definition) is 1. The SMILES string of the molecule is CC1CCCC(N(C)CCNC(C)C)C1. The van der Waals surface area contributed by atoms with E-state index in [-0.39, 0.29) is 0 Å². The van der Waals surface area contributed by atoms with Crippen LogP contribution in [0.15, 0.2) is 0 Å². The van der Waals surface area contributed by atoms with Crippen molar-refractivity contribution in [2.24, 2.45) is 5.92 Å². The molecule has 2 unspecified atom stereocenters. The number of nitrogens with one attached hydrogen (secondary N) is 1. The average Bonchev–Trinajstić information content (AvgIpc) is 2.17. The summed E-state index contributed by atoms with van der Waals surface area (Å²) in [6.45, 7) is 9.13. The number of likely N-dealkylation sites (N-methyl/N-ethyl adjacent to an activating group) is 1. The van der Waals surface area contributed by atoms with E-state index in [9.17, 15) is 0 Å². The van der Waals surface area contributed by atoms with E-state index in [0.717, 1.165) is 18.5 Å². The third-order valence-electron chi connectivity index (χ3n) is 3.55. The molecule has 2 nitrogen and oxygen atoms in total. The molecule has 0 aromatic carbocycles. The van der Waals surface area contributed by atoms with Crippen molar-refractivity contribution in [2.45, 2.75) is 58.5 Å². The van der Waals surface area contributed by atoms with Gasteiger partial charge in [0.15, 0.2) is 0 Å². The van der Waals surface area contributed by atoms with Crippen LogP contribution in [0.5, 0.6) is 0 Å². The summed E-state index contributed by atoms with van der Waals surface area (Å²) in [5.41, 5.74) is 0. The molecule has 1 aliphatic rings. The Balaban J connectivity index is 2.17. The monoisotopic (exact) mass is 212 g/mol. The van der Waals surface area contributed by atoms with E-state index < -0.39 is 0 Å². The summed E-state index contributed by atoms with van der Waals surface area (Å²) >= 11 is 0. The van der Waals surface area contributed by atoms with Gasteiger partial charge in [-0.2, -0.15) is 0 Å². The van der Waals surface area contributed by atoms with Gasteiger partial charge in [0.25, 0.3) is 0 Å². The van der Waals surface area contributed by atoms with E-state index in [1.807, 2.05) is 0 Å². The highest BCUT2D eigenvalue weighted by molar-refractivity contribution is 4.77. The summed E-state index contributed by atoms with van der Waals surface area (Å²) in [5, 5.41) is 3.49. The fraction of sp³-hybridized carbons (Fsp3) is 1.00. The fourth-order valence-corrected chi connectivity index (χ4v) is 2.51. The molecule has 0 spiro atoms. The molecular weight excluding hydrogens is 184 g/mol. The van der Waals surface area contributed by atoms with Crippen LogP contribution in [0, 0.1) is 5.92 Å². The number of hydrogen-bond acceptors (Lipinski definition) is 2. The Bertz CT molecular complexity index is 168. The molecule has 90 valence electrons. The first-order chi connectivity index (χ1) is 7.09. The summed E-state index contributed by atoms with van der Waals surface area (Å²) in [5.74, 6) is 0.934. The van der Waals surface area contributed by atoms with Gasteiger partial charge >= 0.3 is 0 Å². The second kappa shape index (κ2) is 6.49. The molecule has 2 atom stereocenters. The van der Waals surface area contributed by atoms with Crippen LogP contribution in [0.2, 0.25) is 0 Å². The predicted molar refractivity (Wildman–Crippen MR) is 67.2 cm³/mol. The Hall–Kier alpha value is -0.0800. The largest absolute Gasteiger partial charge is 0.313 e. The van der Waals surface area contributed by atoms with Crippen LogP contribution in [0.3, 0.4) is 0 Å². The maximum Gasteiger partial charge on any atom is 0.0107 e. The first kappa shape index (κ1) is 13.0. The van der Waals surface area contributed by atoms with Crippen LogP contribution in [0.25, 0.3) is 0 Å². The van der Waals surface area contributed by atoms with Crippen LogP contribution in [0.4, 0.5) is 0 Å². The lowest BCUT2D eigenvalue weighted by molar-refractivity contribution is 0.164. The lowest BCUT2D eigenvalue weighted by atomic mass is 9.86. The zero-order valence-electron chi connectivity index (χ0n) is 10.9. The van der Waals surface area contributed by atoms with Gasteiger partial charge in [-0.05, 0) is 25.8 Å². The molecule has 1 fully saturated rings. The maximum atomic E-state index is 3.49. The average molecular weight is 212 g/mol. The molecule has 1 rings (SSSR count). The van der Waals surface area contributed by atoms with E-state index in [0.29, 0.717) is 6.04 Å². The highest BCUT2D eigenvalue weighted by Crippen LogP contribution is 2.26. The Labute approximate surface area is 95.4 Å². The van der Waals surface area contributed by atoms with Crippen molar-refractivity contribution in [1.82, 2.24) is 10.2 Å². The molecule has 1 saturated carbocycles. The second-order valence-corrected chi connectivity index (χ2v) is 5.52. The fourth-order valence-electron chi connectivity index (χ4n) is 2.51. The molecule has 1 aliphatic carbocycles. The first-order valence-corrected chi connectivity index (χ1v) is 6.53. The zero-order chi connectivity index (χ0) is 11.3. The summed E-state index contributed by atoms with van der Waals surface area (Å²) in [4.78, 5) is 2.55. The van der Waals surface area contributed by atoms with Gasteiger partial charge in [0, 0.05) is 25.2 Å².